The summed E-state index contributed by atoms with van der Waals surface area (Å²) in [5.74, 6) is -1.56. The third-order valence-electron chi connectivity index (χ3n) is 2.55. The van der Waals surface area contributed by atoms with E-state index in [0.717, 1.165) is 0 Å². The summed E-state index contributed by atoms with van der Waals surface area (Å²) in [6.45, 7) is -0.0647. The van der Waals surface area contributed by atoms with E-state index in [9.17, 15) is 14.9 Å². The number of nitro groups is 1. The van der Waals surface area contributed by atoms with Crippen LogP contribution in [0.25, 0.3) is 0 Å². The summed E-state index contributed by atoms with van der Waals surface area (Å²) in [4.78, 5) is 21.0. The van der Waals surface area contributed by atoms with Crippen molar-refractivity contribution in [3.8, 4) is 5.75 Å². The molecule has 6 nitrogen and oxygen atoms in total. The molecule has 1 N–H and O–H groups in total. The van der Waals surface area contributed by atoms with E-state index in [4.69, 9.17) is 21.4 Å². The van der Waals surface area contributed by atoms with Gasteiger partial charge in [0.15, 0.2) is 0 Å². The molecule has 1 aromatic carbocycles. The first-order valence-corrected chi connectivity index (χ1v) is 5.19. The van der Waals surface area contributed by atoms with Crippen molar-refractivity contribution < 1.29 is 19.6 Å². The summed E-state index contributed by atoms with van der Waals surface area (Å²) in [5, 5.41) is 19.9. The van der Waals surface area contributed by atoms with E-state index in [1.165, 1.54) is 12.1 Å². The average molecular weight is 258 g/mol. The number of carbonyl (C=O) groups is 1. The smallest absolute Gasteiger partial charge is 0.312 e. The second-order valence-corrected chi connectivity index (χ2v) is 4.16. The van der Waals surface area contributed by atoms with Gasteiger partial charge in [0.25, 0.3) is 0 Å². The van der Waals surface area contributed by atoms with Gasteiger partial charge in [-0.1, -0.05) is 11.6 Å². The first kappa shape index (κ1) is 11.7. The van der Waals surface area contributed by atoms with E-state index in [-0.39, 0.29) is 29.5 Å². The highest BCUT2D eigenvalue weighted by molar-refractivity contribution is 6.31. The summed E-state index contributed by atoms with van der Waals surface area (Å²) in [5.41, 5.74) is 0.235. The Balaban J connectivity index is 2.45. The number of aliphatic carboxylic acids is 1. The molecule has 0 saturated heterocycles. The first-order chi connectivity index (χ1) is 7.99. The highest BCUT2D eigenvalue weighted by Gasteiger charge is 2.31. The van der Waals surface area contributed by atoms with Crippen molar-refractivity contribution in [3.05, 3.63) is 32.8 Å². The number of hydrogen-bond donors (Lipinski definition) is 1. The molecule has 1 heterocycles. The van der Waals surface area contributed by atoms with Crippen LogP contribution in [0.5, 0.6) is 5.75 Å². The van der Waals surface area contributed by atoms with Crippen molar-refractivity contribution in [1.82, 2.24) is 0 Å². The van der Waals surface area contributed by atoms with Gasteiger partial charge in [0.1, 0.15) is 6.61 Å². The van der Waals surface area contributed by atoms with Gasteiger partial charge in [0, 0.05) is 16.7 Å². The van der Waals surface area contributed by atoms with Gasteiger partial charge in [0.05, 0.1) is 10.8 Å². The molecule has 0 aromatic heterocycles. The van der Waals surface area contributed by atoms with Crippen molar-refractivity contribution in [2.45, 2.75) is 6.42 Å². The van der Waals surface area contributed by atoms with Gasteiger partial charge in [-0.3, -0.25) is 14.9 Å². The molecule has 0 saturated carbocycles. The molecule has 0 unspecified atom stereocenters. The maximum Gasteiger partial charge on any atom is 0.312 e. The van der Waals surface area contributed by atoms with Crippen LogP contribution in [-0.4, -0.2) is 22.6 Å². The topological polar surface area (TPSA) is 89.7 Å². The molecular weight excluding hydrogens is 250 g/mol. The predicted octanol–water partition coefficient (Wildman–Crippen LogP) is 1.88. The Labute approximate surface area is 101 Å². The minimum atomic E-state index is -0.988. The van der Waals surface area contributed by atoms with Crippen molar-refractivity contribution >= 4 is 23.3 Å². The van der Waals surface area contributed by atoms with Crippen LogP contribution in [0.4, 0.5) is 5.69 Å². The lowest BCUT2D eigenvalue weighted by Crippen LogP contribution is -2.28. The van der Waals surface area contributed by atoms with E-state index < -0.39 is 16.8 Å². The lowest BCUT2D eigenvalue weighted by Gasteiger charge is -2.22. The van der Waals surface area contributed by atoms with E-state index in [2.05, 4.69) is 0 Å². The molecule has 0 spiro atoms. The predicted molar refractivity (Wildman–Crippen MR) is 58.4 cm³/mol. The second kappa shape index (κ2) is 4.21. The van der Waals surface area contributed by atoms with Crippen molar-refractivity contribution in [1.29, 1.82) is 0 Å². The number of carboxylic acids is 1. The highest BCUT2D eigenvalue weighted by atomic mass is 35.5. The van der Waals surface area contributed by atoms with Crippen LogP contribution in [-0.2, 0) is 11.2 Å². The number of nitrogens with zero attached hydrogens (tertiary/aromatic N) is 1. The molecule has 90 valence electrons. The minimum Gasteiger partial charge on any atom is -0.486 e. The number of hydrogen-bond acceptors (Lipinski definition) is 4. The van der Waals surface area contributed by atoms with E-state index in [1.807, 2.05) is 0 Å². The van der Waals surface area contributed by atoms with Crippen LogP contribution in [0, 0.1) is 16.0 Å². The number of carboxylic acid groups (broad SMARTS) is 1. The van der Waals surface area contributed by atoms with E-state index in [0.29, 0.717) is 5.56 Å². The standard InChI is InChI=1S/C10H8ClNO5/c11-7-2-5-1-6(10(13)14)4-17-9(5)8(3-7)12(15)16/h2-3,6H,1,4H2,(H,13,14)/t6-/m1/s1. The molecule has 0 aliphatic carbocycles. The van der Waals surface area contributed by atoms with Gasteiger partial charge in [-0.25, -0.2) is 0 Å². The van der Waals surface area contributed by atoms with Crippen molar-refractivity contribution in [2.24, 2.45) is 5.92 Å². The second-order valence-electron chi connectivity index (χ2n) is 3.72. The summed E-state index contributed by atoms with van der Waals surface area (Å²) in [6.07, 6.45) is 0.187. The van der Waals surface area contributed by atoms with Gasteiger partial charge in [0.2, 0.25) is 5.75 Å². The SMILES string of the molecule is O=C(O)[C@H]1COc2c(cc(Cl)cc2[N+](=O)[O-])C1. The van der Waals surface area contributed by atoms with Crippen LogP contribution in [0.1, 0.15) is 5.56 Å². The Morgan fingerprint density at radius 3 is 2.88 bits per heavy atom. The van der Waals surface area contributed by atoms with Gasteiger partial charge >= 0.3 is 11.7 Å². The summed E-state index contributed by atoms with van der Waals surface area (Å²) in [7, 11) is 0. The Hall–Kier alpha value is -1.82. The van der Waals surface area contributed by atoms with Crippen LogP contribution < -0.4 is 4.74 Å². The zero-order valence-corrected chi connectivity index (χ0v) is 9.31. The Kier molecular flexibility index (Phi) is 2.89. The first-order valence-electron chi connectivity index (χ1n) is 4.81. The fourth-order valence-electron chi connectivity index (χ4n) is 1.76. The van der Waals surface area contributed by atoms with E-state index in [1.54, 1.807) is 0 Å². The number of halogens is 1. The van der Waals surface area contributed by atoms with Crippen LogP contribution in [0.2, 0.25) is 5.02 Å². The normalized spacial score (nSPS) is 18.1. The van der Waals surface area contributed by atoms with Gasteiger partial charge < -0.3 is 9.84 Å². The molecule has 17 heavy (non-hydrogen) atoms. The van der Waals surface area contributed by atoms with E-state index >= 15 is 0 Å². The Morgan fingerprint density at radius 1 is 1.59 bits per heavy atom. The van der Waals surface area contributed by atoms with Crippen molar-refractivity contribution in [2.75, 3.05) is 6.61 Å². The highest BCUT2D eigenvalue weighted by Crippen LogP contribution is 2.38. The molecule has 1 aromatic rings. The lowest BCUT2D eigenvalue weighted by atomic mass is 9.96. The molecule has 1 aliphatic rings. The fraction of sp³-hybridized carbons (Fsp3) is 0.300. The molecule has 0 fully saturated rings. The zero-order valence-electron chi connectivity index (χ0n) is 8.55. The molecule has 1 aliphatic heterocycles. The maximum atomic E-state index is 10.8. The van der Waals surface area contributed by atoms with Gasteiger partial charge in [-0.15, -0.1) is 0 Å². The number of rotatable bonds is 2. The molecule has 7 heteroatoms. The quantitative estimate of drug-likeness (QED) is 0.645. The molecule has 0 bridgehead atoms. The minimum absolute atomic E-state index is 0.0647. The van der Waals surface area contributed by atoms with Crippen LogP contribution >= 0.6 is 11.6 Å². The van der Waals surface area contributed by atoms with Crippen LogP contribution in [0.15, 0.2) is 12.1 Å². The summed E-state index contributed by atoms with van der Waals surface area (Å²) >= 11 is 5.75. The molecule has 2 rings (SSSR count). The number of ether oxygens (including phenoxy) is 1. The molecule has 0 radical (unpaired) electrons. The monoisotopic (exact) mass is 257 g/mol. The third-order valence-corrected chi connectivity index (χ3v) is 2.77. The molecular formula is C10H8ClNO5. The summed E-state index contributed by atoms with van der Waals surface area (Å²) < 4.78 is 5.16. The number of nitro benzene ring substituents is 1. The Bertz CT molecular complexity index is 502. The lowest BCUT2D eigenvalue weighted by molar-refractivity contribution is -0.386. The molecule has 0 amide bonds. The maximum absolute atomic E-state index is 10.8. The third kappa shape index (κ3) is 2.16. The summed E-state index contributed by atoms with van der Waals surface area (Å²) in [6, 6.07) is 2.69. The Morgan fingerprint density at radius 2 is 2.29 bits per heavy atom. The van der Waals surface area contributed by atoms with Crippen molar-refractivity contribution in [3.63, 3.8) is 0 Å². The average Bonchev–Trinajstić information content (AvgIpc) is 2.26. The fourth-order valence-corrected chi connectivity index (χ4v) is 1.99. The number of benzene rings is 1. The van der Waals surface area contributed by atoms with Gasteiger partial charge in [-0.2, -0.15) is 0 Å². The largest absolute Gasteiger partial charge is 0.486 e. The zero-order chi connectivity index (χ0) is 12.6. The van der Waals surface area contributed by atoms with Gasteiger partial charge in [-0.05, 0) is 12.5 Å². The molecule has 1 atom stereocenters. The van der Waals surface area contributed by atoms with Crippen LogP contribution in [0.3, 0.4) is 0 Å². The number of fused-ring (bicyclic) bond motifs is 1.